The number of nitrogens with zero attached hydrogens (tertiary/aromatic N) is 1. The molecule has 0 amide bonds. The highest BCUT2D eigenvalue weighted by Crippen LogP contribution is 2.23. The van der Waals surface area contributed by atoms with E-state index in [9.17, 15) is 12.8 Å². The van der Waals surface area contributed by atoms with Crippen molar-refractivity contribution in [2.75, 3.05) is 13.6 Å². The van der Waals surface area contributed by atoms with Crippen molar-refractivity contribution in [2.45, 2.75) is 12.5 Å². The van der Waals surface area contributed by atoms with Crippen molar-refractivity contribution >= 4 is 10.2 Å². The van der Waals surface area contributed by atoms with Crippen LogP contribution < -0.4 is 4.72 Å². The van der Waals surface area contributed by atoms with Gasteiger partial charge in [0.15, 0.2) is 0 Å². The summed E-state index contributed by atoms with van der Waals surface area (Å²) in [5, 5.41) is 0. The zero-order valence-electron chi connectivity index (χ0n) is 8.85. The van der Waals surface area contributed by atoms with Crippen LogP contribution in [0.15, 0.2) is 24.3 Å². The van der Waals surface area contributed by atoms with Crippen molar-refractivity contribution in [2.24, 2.45) is 0 Å². The van der Waals surface area contributed by atoms with Gasteiger partial charge in [0.25, 0.3) is 10.2 Å². The first-order chi connectivity index (χ1) is 7.49. The molecule has 1 saturated heterocycles. The minimum Gasteiger partial charge on any atom is -0.207 e. The molecule has 4 nitrogen and oxygen atoms in total. The van der Waals surface area contributed by atoms with Crippen molar-refractivity contribution in [1.29, 1.82) is 0 Å². The SMILES string of the molecule is CN1CC[C@@H](c2ccc(F)cc2)NS1(=O)=O. The Morgan fingerprint density at radius 3 is 2.56 bits per heavy atom. The Kier molecular flexibility index (Phi) is 2.96. The maximum atomic E-state index is 12.7. The van der Waals surface area contributed by atoms with E-state index in [0.29, 0.717) is 13.0 Å². The Morgan fingerprint density at radius 2 is 2.00 bits per heavy atom. The van der Waals surface area contributed by atoms with Crippen LogP contribution in [0.2, 0.25) is 0 Å². The molecule has 1 aromatic carbocycles. The van der Waals surface area contributed by atoms with E-state index in [0.717, 1.165) is 5.56 Å². The Bertz CT molecular complexity index is 472. The topological polar surface area (TPSA) is 49.4 Å². The lowest BCUT2D eigenvalue weighted by Gasteiger charge is -2.29. The quantitative estimate of drug-likeness (QED) is 0.802. The first kappa shape index (κ1) is 11.5. The summed E-state index contributed by atoms with van der Waals surface area (Å²) in [6, 6.07) is 5.62. The Balaban J connectivity index is 2.21. The number of nitrogens with one attached hydrogen (secondary N) is 1. The minimum atomic E-state index is -3.38. The van der Waals surface area contributed by atoms with Crippen molar-refractivity contribution in [1.82, 2.24) is 9.03 Å². The predicted molar refractivity (Wildman–Crippen MR) is 58.4 cm³/mol. The monoisotopic (exact) mass is 244 g/mol. The van der Waals surface area contributed by atoms with Gasteiger partial charge in [-0.15, -0.1) is 0 Å². The zero-order valence-corrected chi connectivity index (χ0v) is 9.67. The average Bonchev–Trinajstić information content (AvgIpc) is 2.23. The van der Waals surface area contributed by atoms with Gasteiger partial charge in [-0.3, -0.25) is 0 Å². The summed E-state index contributed by atoms with van der Waals surface area (Å²) in [6.45, 7) is 0.470. The molecule has 0 spiro atoms. The number of halogens is 1. The van der Waals surface area contributed by atoms with Gasteiger partial charge in [-0.25, -0.2) is 4.39 Å². The van der Waals surface area contributed by atoms with E-state index in [1.807, 2.05) is 0 Å². The lowest BCUT2D eigenvalue weighted by atomic mass is 10.0. The lowest BCUT2D eigenvalue weighted by Crippen LogP contribution is -2.46. The maximum Gasteiger partial charge on any atom is 0.279 e. The van der Waals surface area contributed by atoms with Gasteiger partial charge in [0.2, 0.25) is 0 Å². The Morgan fingerprint density at radius 1 is 1.38 bits per heavy atom. The van der Waals surface area contributed by atoms with Gasteiger partial charge in [-0.1, -0.05) is 12.1 Å². The third-order valence-corrected chi connectivity index (χ3v) is 4.29. The van der Waals surface area contributed by atoms with E-state index in [1.165, 1.54) is 23.5 Å². The summed E-state index contributed by atoms with van der Waals surface area (Å²) in [5.41, 5.74) is 0.790. The number of rotatable bonds is 1. The Hall–Kier alpha value is -0.980. The second-order valence-corrected chi connectivity index (χ2v) is 5.65. The van der Waals surface area contributed by atoms with Gasteiger partial charge >= 0.3 is 0 Å². The van der Waals surface area contributed by atoms with Crippen LogP contribution in [0, 0.1) is 5.82 Å². The highest BCUT2D eigenvalue weighted by atomic mass is 32.2. The highest BCUT2D eigenvalue weighted by Gasteiger charge is 2.28. The highest BCUT2D eigenvalue weighted by molar-refractivity contribution is 7.87. The van der Waals surface area contributed by atoms with Crippen LogP contribution in [0.4, 0.5) is 4.39 Å². The molecule has 0 aliphatic carbocycles. The molecule has 0 radical (unpaired) electrons. The molecule has 1 heterocycles. The molecule has 0 bridgehead atoms. The van der Waals surface area contributed by atoms with Gasteiger partial charge in [0, 0.05) is 19.6 Å². The van der Waals surface area contributed by atoms with E-state index < -0.39 is 10.2 Å². The van der Waals surface area contributed by atoms with E-state index in [4.69, 9.17) is 0 Å². The van der Waals surface area contributed by atoms with Crippen LogP contribution in [0.3, 0.4) is 0 Å². The second kappa shape index (κ2) is 4.12. The van der Waals surface area contributed by atoms with E-state index >= 15 is 0 Å². The molecule has 88 valence electrons. The summed E-state index contributed by atoms with van der Waals surface area (Å²) in [7, 11) is -1.85. The predicted octanol–water partition coefficient (Wildman–Crippen LogP) is 1.04. The van der Waals surface area contributed by atoms with Crippen LogP contribution in [-0.2, 0) is 10.2 Å². The molecule has 1 fully saturated rings. The molecule has 1 aliphatic rings. The fourth-order valence-electron chi connectivity index (χ4n) is 1.69. The number of hydrogen-bond acceptors (Lipinski definition) is 2. The molecule has 1 aliphatic heterocycles. The lowest BCUT2D eigenvalue weighted by molar-refractivity contribution is 0.382. The third kappa shape index (κ3) is 2.23. The van der Waals surface area contributed by atoms with Crippen LogP contribution in [0.5, 0.6) is 0 Å². The van der Waals surface area contributed by atoms with Crippen LogP contribution in [0.25, 0.3) is 0 Å². The fourth-order valence-corrected chi connectivity index (χ4v) is 2.83. The van der Waals surface area contributed by atoms with E-state index in [2.05, 4.69) is 4.72 Å². The Labute approximate surface area is 94.3 Å². The van der Waals surface area contributed by atoms with E-state index in [1.54, 1.807) is 12.1 Å². The molecule has 0 saturated carbocycles. The molecule has 2 rings (SSSR count). The first-order valence-corrected chi connectivity index (χ1v) is 6.42. The van der Waals surface area contributed by atoms with Crippen molar-refractivity contribution in [3.8, 4) is 0 Å². The molecule has 0 aromatic heterocycles. The van der Waals surface area contributed by atoms with Crippen molar-refractivity contribution in [3.63, 3.8) is 0 Å². The summed E-state index contributed by atoms with van der Waals surface area (Å²) in [4.78, 5) is 0. The fraction of sp³-hybridized carbons (Fsp3) is 0.400. The van der Waals surface area contributed by atoms with Gasteiger partial charge in [-0.2, -0.15) is 17.4 Å². The average molecular weight is 244 g/mol. The van der Waals surface area contributed by atoms with Gasteiger partial charge < -0.3 is 0 Å². The summed E-state index contributed by atoms with van der Waals surface area (Å²) in [5.74, 6) is -0.320. The molecule has 16 heavy (non-hydrogen) atoms. The summed E-state index contributed by atoms with van der Waals surface area (Å²) >= 11 is 0. The minimum absolute atomic E-state index is 0.262. The maximum absolute atomic E-state index is 12.7. The third-order valence-electron chi connectivity index (χ3n) is 2.71. The standard InChI is InChI=1S/C10H13FN2O2S/c1-13-7-6-10(12-16(13,14)15)8-2-4-9(11)5-3-8/h2-5,10,12H,6-7H2,1H3/t10-/m0/s1. The summed E-state index contributed by atoms with van der Waals surface area (Å²) in [6.07, 6.45) is 0.682. The van der Waals surface area contributed by atoms with Crippen LogP contribution >= 0.6 is 0 Å². The first-order valence-electron chi connectivity index (χ1n) is 4.98. The molecule has 1 atom stereocenters. The molecule has 1 aromatic rings. The molecular formula is C10H13FN2O2S. The van der Waals surface area contributed by atoms with Crippen molar-refractivity contribution in [3.05, 3.63) is 35.6 Å². The second-order valence-electron chi connectivity index (χ2n) is 3.84. The van der Waals surface area contributed by atoms with Gasteiger partial charge in [-0.05, 0) is 24.1 Å². The van der Waals surface area contributed by atoms with Crippen LogP contribution in [-0.4, -0.2) is 26.3 Å². The molecule has 0 unspecified atom stereocenters. The largest absolute Gasteiger partial charge is 0.279 e. The smallest absolute Gasteiger partial charge is 0.207 e. The van der Waals surface area contributed by atoms with Crippen molar-refractivity contribution < 1.29 is 12.8 Å². The van der Waals surface area contributed by atoms with Gasteiger partial charge in [0.1, 0.15) is 5.82 Å². The zero-order chi connectivity index (χ0) is 11.8. The normalized spacial score (nSPS) is 25.5. The summed E-state index contributed by atoms with van der Waals surface area (Å²) < 4.78 is 39.7. The number of benzene rings is 1. The molecule has 6 heteroatoms. The molecular weight excluding hydrogens is 231 g/mol. The van der Waals surface area contributed by atoms with Gasteiger partial charge in [0.05, 0.1) is 0 Å². The van der Waals surface area contributed by atoms with Crippen LogP contribution in [0.1, 0.15) is 18.0 Å². The number of hydrogen-bond donors (Lipinski definition) is 1. The van der Waals surface area contributed by atoms with E-state index in [-0.39, 0.29) is 11.9 Å². The molecule has 1 N–H and O–H groups in total.